The van der Waals surface area contributed by atoms with Crippen LogP contribution < -0.4 is 14.8 Å². The van der Waals surface area contributed by atoms with Gasteiger partial charge in [0.2, 0.25) is 6.79 Å². The minimum absolute atomic E-state index is 0.0897. The summed E-state index contributed by atoms with van der Waals surface area (Å²) in [5, 5.41) is 13.0. The van der Waals surface area contributed by atoms with Crippen molar-refractivity contribution >= 4 is 29.3 Å². The molecule has 0 saturated heterocycles. The Morgan fingerprint density at radius 3 is 2.63 bits per heavy atom. The van der Waals surface area contributed by atoms with Crippen molar-refractivity contribution in [1.29, 1.82) is 0 Å². The molecule has 2 aromatic carbocycles. The lowest BCUT2D eigenvalue weighted by Crippen LogP contribution is -2.20. The number of hydrogen-bond acceptors (Lipinski definition) is 7. The van der Waals surface area contributed by atoms with Gasteiger partial charge in [0.1, 0.15) is 0 Å². The highest BCUT2D eigenvalue weighted by Crippen LogP contribution is 2.32. The molecule has 0 aliphatic carbocycles. The number of carbonyl (C=O) groups is 2. The van der Waals surface area contributed by atoms with Crippen LogP contribution in [0.5, 0.6) is 11.5 Å². The second-order valence-electron chi connectivity index (χ2n) is 5.41. The normalized spacial score (nSPS) is 12.0. The van der Waals surface area contributed by atoms with Crippen molar-refractivity contribution in [3.63, 3.8) is 0 Å². The van der Waals surface area contributed by atoms with Gasteiger partial charge in [0.25, 0.3) is 11.6 Å². The molecule has 3 rings (SSSR count). The maximum absolute atomic E-state index is 11.8. The summed E-state index contributed by atoms with van der Waals surface area (Å²) in [5.74, 6) is -0.0224. The van der Waals surface area contributed by atoms with E-state index in [-0.39, 0.29) is 12.5 Å². The van der Waals surface area contributed by atoms with Gasteiger partial charge in [-0.15, -0.1) is 0 Å². The lowest BCUT2D eigenvalue weighted by molar-refractivity contribution is -0.384. The Kier molecular flexibility index (Phi) is 5.31. The summed E-state index contributed by atoms with van der Waals surface area (Å²) in [5.41, 5.74) is 0.983. The Hall–Kier alpha value is -3.88. The third-order valence-electron chi connectivity index (χ3n) is 3.52. The van der Waals surface area contributed by atoms with Crippen LogP contribution in [0, 0.1) is 10.1 Å². The molecular formula is C18H14N2O7. The van der Waals surface area contributed by atoms with Crippen LogP contribution in [-0.4, -0.2) is 30.2 Å². The van der Waals surface area contributed by atoms with Gasteiger partial charge in [-0.1, -0.05) is 6.07 Å². The average molecular weight is 370 g/mol. The van der Waals surface area contributed by atoms with Crippen molar-refractivity contribution in [1.82, 2.24) is 0 Å². The fourth-order valence-corrected chi connectivity index (χ4v) is 2.23. The van der Waals surface area contributed by atoms with Crippen molar-refractivity contribution in [2.45, 2.75) is 0 Å². The van der Waals surface area contributed by atoms with E-state index in [4.69, 9.17) is 14.2 Å². The fourth-order valence-electron chi connectivity index (χ4n) is 2.23. The van der Waals surface area contributed by atoms with Gasteiger partial charge in [-0.2, -0.15) is 0 Å². The fraction of sp³-hybridized carbons (Fsp3) is 0.111. The Morgan fingerprint density at radius 1 is 1.15 bits per heavy atom. The van der Waals surface area contributed by atoms with Crippen molar-refractivity contribution in [2.75, 3.05) is 18.7 Å². The van der Waals surface area contributed by atoms with E-state index in [1.54, 1.807) is 18.2 Å². The number of fused-ring (bicyclic) bond motifs is 1. The molecule has 9 heteroatoms. The third kappa shape index (κ3) is 4.82. The number of hydrogen-bond donors (Lipinski definition) is 1. The summed E-state index contributed by atoms with van der Waals surface area (Å²) in [6.45, 7) is -0.324. The first-order valence-corrected chi connectivity index (χ1v) is 7.80. The Morgan fingerprint density at radius 2 is 1.89 bits per heavy atom. The number of nitrogens with zero attached hydrogens (tertiary/aromatic N) is 1. The lowest BCUT2D eigenvalue weighted by Gasteiger charge is -2.05. The molecule has 27 heavy (non-hydrogen) atoms. The number of rotatable bonds is 6. The predicted molar refractivity (Wildman–Crippen MR) is 94.3 cm³/mol. The number of non-ortho nitro benzene ring substituents is 1. The van der Waals surface area contributed by atoms with Gasteiger partial charge in [-0.25, -0.2) is 4.79 Å². The first kappa shape index (κ1) is 17.9. The quantitative estimate of drug-likeness (QED) is 0.359. The molecule has 9 nitrogen and oxygen atoms in total. The lowest BCUT2D eigenvalue weighted by atomic mass is 10.2. The Labute approximate surface area is 153 Å². The van der Waals surface area contributed by atoms with Crippen molar-refractivity contribution in [2.24, 2.45) is 0 Å². The van der Waals surface area contributed by atoms with Crippen LogP contribution >= 0.6 is 0 Å². The number of esters is 1. The van der Waals surface area contributed by atoms with Crippen LogP contribution in [-0.2, 0) is 14.3 Å². The number of nitro benzene ring substituents is 1. The number of anilines is 1. The molecular weight excluding hydrogens is 356 g/mol. The van der Waals surface area contributed by atoms with Crippen LogP contribution in [0.1, 0.15) is 5.56 Å². The standard InChI is InChI=1S/C18H14N2O7/c21-17(19-13-3-5-14(6-4-13)20(23)24)10-25-18(22)8-2-12-1-7-15-16(9-12)27-11-26-15/h1-9H,10-11H2,(H,19,21)/b8-2+. The van der Waals surface area contributed by atoms with Crippen LogP contribution in [0.2, 0.25) is 0 Å². The van der Waals surface area contributed by atoms with Gasteiger partial charge in [0.05, 0.1) is 4.92 Å². The van der Waals surface area contributed by atoms with E-state index in [1.807, 2.05) is 0 Å². The number of nitro groups is 1. The summed E-state index contributed by atoms with van der Waals surface area (Å²) >= 11 is 0. The predicted octanol–water partition coefficient (Wildman–Crippen LogP) is 2.52. The minimum Gasteiger partial charge on any atom is -0.454 e. The van der Waals surface area contributed by atoms with Gasteiger partial charge < -0.3 is 19.5 Å². The molecule has 138 valence electrons. The summed E-state index contributed by atoms with van der Waals surface area (Å²) < 4.78 is 15.3. The van der Waals surface area contributed by atoms with Crippen molar-refractivity contribution in [3.05, 3.63) is 64.2 Å². The first-order valence-electron chi connectivity index (χ1n) is 7.80. The molecule has 1 aliphatic rings. The summed E-state index contributed by atoms with van der Waals surface area (Å²) in [4.78, 5) is 33.5. The van der Waals surface area contributed by atoms with Crippen LogP contribution in [0.25, 0.3) is 6.08 Å². The number of benzene rings is 2. The molecule has 1 heterocycles. The molecule has 1 amide bonds. The van der Waals surface area contributed by atoms with Crippen molar-refractivity contribution < 1.29 is 28.7 Å². The molecule has 2 aromatic rings. The third-order valence-corrected chi connectivity index (χ3v) is 3.52. The average Bonchev–Trinajstić information content (AvgIpc) is 3.13. The second kappa shape index (κ2) is 8.00. The number of amides is 1. The zero-order valence-electron chi connectivity index (χ0n) is 13.9. The van der Waals surface area contributed by atoms with Gasteiger partial charge in [-0.3, -0.25) is 14.9 Å². The maximum atomic E-state index is 11.8. The Bertz CT molecular complexity index is 906. The zero-order valence-corrected chi connectivity index (χ0v) is 13.9. The molecule has 0 aromatic heterocycles. The smallest absolute Gasteiger partial charge is 0.331 e. The zero-order chi connectivity index (χ0) is 19.2. The molecule has 0 bridgehead atoms. The number of carbonyl (C=O) groups excluding carboxylic acids is 2. The molecule has 0 atom stereocenters. The molecule has 0 radical (unpaired) electrons. The van der Waals surface area contributed by atoms with Crippen LogP contribution in [0.3, 0.4) is 0 Å². The highest BCUT2D eigenvalue weighted by molar-refractivity contribution is 5.94. The molecule has 0 fully saturated rings. The van der Waals surface area contributed by atoms with Crippen LogP contribution in [0.15, 0.2) is 48.5 Å². The largest absolute Gasteiger partial charge is 0.454 e. The number of nitrogens with one attached hydrogen (secondary N) is 1. The molecule has 1 N–H and O–H groups in total. The monoisotopic (exact) mass is 370 g/mol. The SMILES string of the molecule is O=C(COC(=O)/C=C/c1ccc2c(c1)OCO2)Nc1ccc([N+](=O)[O-])cc1. The topological polar surface area (TPSA) is 117 Å². The highest BCUT2D eigenvalue weighted by atomic mass is 16.7. The van der Waals surface area contributed by atoms with E-state index < -0.39 is 23.4 Å². The molecule has 0 spiro atoms. The van der Waals surface area contributed by atoms with E-state index in [9.17, 15) is 19.7 Å². The van der Waals surface area contributed by atoms with E-state index in [0.29, 0.717) is 22.7 Å². The van der Waals surface area contributed by atoms with Gasteiger partial charge >= 0.3 is 5.97 Å². The van der Waals surface area contributed by atoms with Gasteiger partial charge in [0.15, 0.2) is 18.1 Å². The van der Waals surface area contributed by atoms with Gasteiger partial charge in [-0.05, 0) is 35.9 Å². The molecule has 1 aliphatic heterocycles. The summed E-state index contributed by atoms with van der Waals surface area (Å²) in [6, 6.07) is 10.5. The van der Waals surface area contributed by atoms with Crippen molar-refractivity contribution in [3.8, 4) is 11.5 Å². The minimum atomic E-state index is -0.688. The second-order valence-corrected chi connectivity index (χ2v) is 5.41. The van der Waals surface area contributed by atoms with Gasteiger partial charge in [0, 0.05) is 23.9 Å². The van der Waals surface area contributed by atoms with Crippen LogP contribution in [0.4, 0.5) is 11.4 Å². The number of ether oxygens (including phenoxy) is 3. The molecule has 0 saturated carbocycles. The highest BCUT2D eigenvalue weighted by Gasteiger charge is 2.12. The summed E-state index contributed by atoms with van der Waals surface area (Å²) in [7, 11) is 0. The first-order chi connectivity index (χ1) is 13.0. The Balaban J connectivity index is 1.47. The summed E-state index contributed by atoms with van der Waals surface area (Å²) in [6.07, 6.45) is 2.72. The van der Waals surface area contributed by atoms with E-state index in [0.717, 1.165) is 0 Å². The van der Waals surface area contributed by atoms with E-state index in [2.05, 4.69) is 5.32 Å². The van der Waals surface area contributed by atoms with E-state index in [1.165, 1.54) is 36.4 Å². The molecule has 0 unspecified atom stereocenters. The maximum Gasteiger partial charge on any atom is 0.331 e. The van der Waals surface area contributed by atoms with E-state index >= 15 is 0 Å².